The van der Waals surface area contributed by atoms with Crippen molar-refractivity contribution in [1.29, 1.82) is 0 Å². The average Bonchev–Trinajstić information content (AvgIpc) is 2.42. The standard InChI is InChI=1S/C10H8.C4H5NO/c1-2-6-10-8-4-3-7-9(10)5-1;1-2-4-6-5-3-1/h1-8H;1-5H. The van der Waals surface area contributed by atoms with E-state index in [-0.39, 0.29) is 0 Å². The molecule has 2 heteroatoms. The molecular formula is C14H13NO. The summed E-state index contributed by atoms with van der Waals surface area (Å²) in [5.74, 6) is 0. The Morgan fingerprint density at radius 2 is 1.31 bits per heavy atom. The van der Waals surface area contributed by atoms with Gasteiger partial charge in [0.25, 0.3) is 0 Å². The molecule has 0 fully saturated rings. The molecule has 0 atom stereocenters. The van der Waals surface area contributed by atoms with Crippen LogP contribution in [0.2, 0.25) is 0 Å². The number of hydrogen-bond donors (Lipinski definition) is 1. The molecule has 1 N–H and O–H groups in total. The highest BCUT2D eigenvalue weighted by Gasteiger charge is 1.85. The Morgan fingerprint density at radius 3 is 1.56 bits per heavy atom. The fourth-order valence-electron chi connectivity index (χ4n) is 1.39. The van der Waals surface area contributed by atoms with Crippen molar-refractivity contribution in [3.63, 3.8) is 0 Å². The Balaban J connectivity index is 0.000000138. The summed E-state index contributed by atoms with van der Waals surface area (Å²) >= 11 is 0. The van der Waals surface area contributed by atoms with E-state index < -0.39 is 0 Å². The van der Waals surface area contributed by atoms with Crippen LogP contribution in [-0.4, -0.2) is 0 Å². The van der Waals surface area contributed by atoms with Gasteiger partial charge in [0.05, 0.1) is 0 Å². The van der Waals surface area contributed by atoms with Crippen molar-refractivity contribution < 1.29 is 4.84 Å². The lowest BCUT2D eigenvalue weighted by atomic mass is 10.1. The molecule has 0 unspecified atom stereocenters. The van der Waals surface area contributed by atoms with Gasteiger partial charge in [-0.05, 0) is 22.9 Å². The van der Waals surface area contributed by atoms with E-state index in [1.54, 1.807) is 18.5 Å². The lowest BCUT2D eigenvalue weighted by Gasteiger charge is -1.97. The summed E-state index contributed by atoms with van der Waals surface area (Å²) in [6, 6.07) is 16.7. The highest BCUT2D eigenvalue weighted by Crippen LogP contribution is 2.11. The molecule has 0 saturated carbocycles. The lowest BCUT2D eigenvalue weighted by Crippen LogP contribution is -2.01. The molecule has 3 rings (SSSR count). The van der Waals surface area contributed by atoms with Gasteiger partial charge in [0.2, 0.25) is 0 Å². The fourth-order valence-corrected chi connectivity index (χ4v) is 1.39. The number of hydrogen-bond acceptors (Lipinski definition) is 2. The van der Waals surface area contributed by atoms with Crippen molar-refractivity contribution in [3.05, 3.63) is 73.1 Å². The Kier molecular flexibility index (Phi) is 3.61. The summed E-state index contributed by atoms with van der Waals surface area (Å²) in [4.78, 5) is 4.55. The van der Waals surface area contributed by atoms with Crippen LogP contribution in [0.1, 0.15) is 0 Å². The minimum atomic E-state index is 1.31. The summed E-state index contributed by atoms with van der Waals surface area (Å²) in [7, 11) is 0. The second kappa shape index (κ2) is 5.61. The van der Waals surface area contributed by atoms with Gasteiger partial charge < -0.3 is 4.84 Å². The molecule has 0 bridgehead atoms. The second-order valence-corrected chi connectivity index (χ2v) is 3.27. The quantitative estimate of drug-likeness (QED) is 0.721. The molecule has 0 saturated heterocycles. The molecule has 2 aromatic carbocycles. The van der Waals surface area contributed by atoms with Gasteiger partial charge in [-0.15, -0.1) is 0 Å². The lowest BCUT2D eigenvalue weighted by molar-refractivity contribution is 0.172. The van der Waals surface area contributed by atoms with Crippen LogP contribution in [0.25, 0.3) is 10.8 Å². The molecule has 80 valence electrons. The molecule has 0 spiro atoms. The van der Waals surface area contributed by atoms with Crippen LogP contribution in [0.15, 0.2) is 73.1 Å². The van der Waals surface area contributed by atoms with E-state index in [2.05, 4.69) is 58.8 Å². The normalized spacial score (nSPS) is 12.2. The Morgan fingerprint density at radius 1 is 0.750 bits per heavy atom. The molecule has 0 radical (unpaired) electrons. The van der Waals surface area contributed by atoms with Gasteiger partial charge in [0, 0.05) is 6.20 Å². The molecule has 1 aliphatic heterocycles. The first-order valence-electron chi connectivity index (χ1n) is 5.13. The number of fused-ring (bicyclic) bond motifs is 1. The van der Waals surface area contributed by atoms with Crippen LogP contribution >= 0.6 is 0 Å². The summed E-state index contributed by atoms with van der Waals surface area (Å²) in [6.45, 7) is 0. The molecule has 0 aliphatic carbocycles. The van der Waals surface area contributed by atoms with E-state index in [1.165, 1.54) is 10.8 Å². The molecule has 2 nitrogen and oxygen atoms in total. The van der Waals surface area contributed by atoms with Gasteiger partial charge in [-0.25, -0.2) is 5.48 Å². The molecule has 1 aliphatic rings. The third kappa shape index (κ3) is 2.89. The number of benzene rings is 2. The van der Waals surface area contributed by atoms with Crippen molar-refractivity contribution in [2.75, 3.05) is 0 Å². The Bertz CT molecular complexity index is 425. The molecular weight excluding hydrogens is 198 g/mol. The number of nitrogens with one attached hydrogen (secondary N) is 1. The molecule has 16 heavy (non-hydrogen) atoms. The first-order valence-corrected chi connectivity index (χ1v) is 5.13. The van der Waals surface area contributed by atoms with Crippen molar-refractivity contribution >= 4 is 10.8 Å². The summed E-state index contributed by atoms with van der Waals surface area (Å²) < 4.78 is 0. The Hall–Kier alpha value is -2.22. The smallest absolute Gasteiger partial charge is 0.119 e. The minimum Gasteiger partial charge on any atom is -0.391 e. The van der Waals surface area contributed by atoms with Crippen LogP contribution in [0.3, 0.4) is 0 Å². The second-order valence-electron chi connectivity index (χ2n) is 3.27. The van der Waals surface area contributed by atoms with E-state index in [1.807, 2.05) is 6.08 Å². The third-order valence-corrected chi connectivity index (χ3v) is 2.15. The van der Waals surface area contributed by atoms with Crippen molar-refractivity contribution in [2.24, 2.45) is 0 Å². The average molecular weight is 211 g/mol. The minimum absolute atomic E-state index is 1.31. The fraction of sp³-hybridized carbons (Fsp3) is 0. The van der Waals surface area contributed by atoms with Gasteiger partial charge in [-0.2, -0.15) is 0 Å². The molecule has 1 heterocycles. The van der Waals surface area contributed by atoms with Gasteiger partial charge in [0.15, 0.2) is 0 Å². The number of allylic oxidation sites excluding steroid dienone is 2. The van der Waals surface area contributed by atoms with E-state index in [4.69, 9.17) is 0 Å². The van der Waals surface area contributed by atoms with Gasteiger partial charge in [0.1, 0.15) is 6.26 Å². The maximum atomic E-state index is 4.55. The molecule has 2 aromatic rings. The van der Waals surface area contributed by atoms with E-state index in [0.717, 1.165) is 0 Å². The summed E-state index contributed by atoms with van der Waals surface area (Å²) in [5.41, 5.74) is 2.52. The van der Waals surface area contributed by atoms with Crippen molar-refractivity contribution in [2.45, 2.75) is 0 Å². The largest absolute Gasteiger partial charge is 0.391 e. The zero-order valence-electron chi connectivity index (χ0n) is 8.84. The maximum absolute atomic E-state index is 4.55. The van der Waals surface area contributed by atoms with Crippen LogP contribution in [-0.2, 0) is 4.84 Å². The summed E-state index contributed by atoms with van der Waals surface area (Å²) in [6.07, 6.45) is 6.93. The third-order valence-electron chi connectivity index (χ3n) is 2.15. The van der Waals surface area contributed by atoms with Gasteiger partial charge >= 0.3 is 0 Å². The highest BCUT2D eigenvalue weighted by molar-refractivity contribution is 5.81. The van der Waals surface area contributed by atoms with Gasteiger partial charge in [-0.1, -0.05) is 48.5 Å². The first kappa shape index (κ1) is 10.3. The van der Waals surface area contributed by atoms with Gasteiger partial charge in [-0.3, -0.25) is 0 Å². The van der Waals surface area contributed by atoms with Crippen molar-refractivity contribution in [1.82, 2.24) is 5.48 Å². The van der Waals surface area contributed by atoms with Crippen LogP contribution in [0.5, 0.6) is 0 Å². The predicted octanol–water partition coefficient (Wildman–Crippen LogP) is 3.39. The van der Waals surface area contributed by atoms with Crippen molar-refractivity contribution in [3.8, 4) is 0 Å². The zero-order chi connectivity index (χ0) is 11.1. The molecule has 0 amide bonds. The molecule has 0 aromatic heterocycles. The van der Waals surface area contributed by atoms with Crippen LogP contribution < -0.4 is 5.48 Å². The number of rotatable bonds is 0. The zero-order valence-corrected chi connectivity index (χ0v) is 8.84. The van der Waals surface area contributed by atoms with E-state index >= 15 is 0 Å². The predicted molar refractivity (Wildman–Crippen MR) is 66.4 cm³/mol. The SMILES string of the molecule is C1=CNOC=C1.c1ccc2ccccc2c1. The topological polar surface area (TPSA) is 21.3 Å². The first-order chi connectivity index (χ1) is 7.97. The monoisotopic (exact) mass is 211 g/mol. The van der Waals surface area contributed by atoms with Crippen LogP contribution in [0.4, 0.5) is 0 Å². The van der Waals surface area contributed by atoms with E-state index in [9.17, 15) is 0 Å². The highest BCUT2D eigenvalue weighted by atomic mass is 16.6. The van der Waals surface area contributed by atoms with Crippen LogP contribution in [0, 0.1) is 0 Å². The number of hydroxylamine groups is 1. The van der Waals surface area contributed by atoms with E-state index in [0.29, 0.717) is 0 Å². The summed E-state index contributed by atoms with van der Waals surface area (Å²) in [5, 5.41) is 2.62. The Labute approximate surface area is 94.8 Å². The maximum Gasteiger partial charge on any atom is 0.119 e.